The molecular weight excluding hydrogens is 344 g/mol. The monoisotopic (exact) mass is 356 g/mol. The fourth-order valence-electron chi connectivity index (χ4n) is 2.02. The number of aromatic nitrogens is 3. The van der Waals surface area contributed by atoms with Crippen molar-refractivity contribution >= 4 is 27.8 Å². The quantitative estimate of drug-likeness (QED) is 0.779. The van der Waals surface area contributed by atoms with Crippen molar-refractivity contribution in [2.24, 2.45) is 0 Å². The number of amides is 1. The lowest BCUT2D eigenvalue weighted by Crippen LogP contribution is -2.16. The number of carbonyl (C=O) groups excluding carboxylic acids is 1. The SMILES string of the molecule is O=C(Nc1nccn1Cc1ccc(Br)cc1)c1ccncc1. The van der Waals surface area contributed by atoms with Gasteiger partial charge in [0.1, 0.15) is 0 Å². The van der Waals surface area contributed by atoms with Crippen molar-refractivity contribution in [3.8, 4) is 0 Å². The molecule has 0 radical (unpaired) electrons. The van der Waals surface area contributed by atoms with Gasteiger partial charge in [0.05, 0.1) is 6.54 Å². The van der Waals surface area contributed by atoms with E-state index in [1.54, 1.807) is 30.7 Å². The summed E-state index contributed by atoms with van der Waals surface area (Å²) in [6.45, 7) is 0.638. The minimum absolute atomic E-state index is 0.203. The number of hydrogen-bond acceptors (Lipinski definition) is 3. The molecular formula is C16H13BrN4O. The smallest absolute Gasteiger partial charge is 0.258 e. The summed E-state index contributed by atoms with van der Waals surface area (Å²) in [5.41, 5.74) is 1.67. The van der Waals surface area contributed by atoms with Crippen LogP contribution in [0.5, 0.6) is 0 Å². The van der Waals surface area contributed by atoms with Crippen LogP contribution in [0.2, 0.25) is 0 Å². The number of hydrogen-bond donors (Lipinski definition) is 1. The Morgan fingerprint density at radius 3 is 2.55 bits per heavy atom. The second-order valence-electron chi connectivity index (χ2n) is 4.70. The van der Waals surface area contributed by atoms with Crippen molar-refractivity contribution in [3.05, 3.63) is 76.8 Å². The number of rotatable bonds is 4. The average Bonchev–Trinajstić information content (AvgIpc) is 2.97. The maximum atomic E-state index is 12.2. The van der Waals surface area contributed by atoms with E-state index in [4.69, 9.17) is 0 Å². The van der Waals surface area contributed by atoms with Gasteiger partial charge in [0.25, 0.3) is 5.91 Å². The van der Waals surface area contributed by atoms with E-state index in [2.05, 4.69) is 31.2 Å². The molecule has 0 saturated carbocycles. The Morgan fingerprint density at radius 1 is 1.09 bits per heavy atom. The molecule has 0 spiro atoms. The molecule has 110 valence electrons. The minimum atomic E-state index is -0.203. The Labute approximate surface area is 136 Å². The lowest BCUT2D eigenvalue weighted by molar-refractivity contribution is 0.102. The Bertz CT molecular complexity index is 768. The van der Waals surface area contributed by atoms with Crippen molar-refractivity contribution in [3.63, 3.8) is 0 Å². The molecule has 0 aliphatic carbocycles. The standard InChI is InChI=1S/C16H13BrN4O/c17-14-3-1-12(2-4-14)11-21-10-9-19-16(21)20-15(22)13-5-7-18-8-6-13/h1-10H,11H2,(H,19,20,22). The lowest BCUT2D eigenvalue weighted by atomic mass is 10.2. The van der Waals surface area contributed by atoms with Crippen molar-refractivity contribution in [1.82, 2.24) is 14.5 Å². The third-order valence-electron chi connectivity index (χ3n) is 3.15. The van der Waals surface area contributed by atoms with Gasteiger partial charge in [-0.05, 0) is 29.8 Å². The number of nitrogens with zero attached hydrogens (tertiary/aromatic N) is 3. The number of benzene rings is 1. The Balaban J connectivity index is 1.75. The third kappa shape index (κ3) is 3.40. The first-order valence-electron chi connectivity index (χ1n) is 6.69. The molecule has 3 rings (SSSR count). The van der Waals surface area contributed by atoms with Gasteiger partial charge in [0.15, 0.2) is 0 Å². The largest absolute Gasteiger partial charge is 0.313 e. The van der Waals surface area contributed by atoms with Crippen molar-refractivity contribution in [1.29, 1.82) is 0 Å². The molecule has 2 heterocycles. The Kier molecular flexibility index (Phi) is 4.29. The molecule has 0 unspecified atom stereocenters. The van der Waals surface area contributed by atoms with Crippen LogP contribution >= 0.6 is 15.9 Å². The average molecular weight is 357 g/mol. The van der Waals surface area contributed by atoms with E-state index in [1.807, 2.05) is 35.0 Å². The molecule has 5 nitrogen and oxygen atoms in total. The highest BCUT2D eigenvalue weighted by atomic mass is 79.9. The molecule has 0 atom stereocenters. The molecule has 22 heavy (non-hydrogen) atoms. The zero-order valence-corrected chi connectivity index (χ0v) is 13.2. The maximum absolute atomic E-state index is 12.2. The molecule has 3 aromatic rings. The van der Waals surface area contributed by atoms with Gasteiger partial charge < -0.3 is 4.57 Å². The summed E-state index contributed by atoms with van der Waals surface area (Å²) in [6, 6.07) is 11.4. The lowest BCUT2D eigenvalue weighted by Gasteiger charge is -2.09. The van der Waals surface area contributed by atoms with E-state index in [0.717, 1.165) is 10.0 Å². The van der Waals surface area contributed by atoms with Gasteiger partial charge in [-0.2, -0.15) is 0 Å². The first kappa shape index (κ1) is 14.5. The van der Waals surface area contributed by atoms with Gasteiger partial charge in [-0.15, -0.1) is 0 Å². The fraction of sp³-hybridized carbons (Fsp3) is 0.0625. The van der Waals surface area contributed by atoms with Crippen molar-refractivity contribution in [2.75, 3.05) is 5.32 Å². The second kappa shape index (κ2) is 6.53. The number of halogens is 1. The van der Waals surface area contributed by atoms with E-state index < -0.39 is 0 Å². The summed E-state index contributed by atoms with van der Waals surface area (Å²) in [4.78, 5) is 20.3. The van der Waals surface area contributed by atoms with Gasteiger partial charge in [-0.1, -0.05) is 28.1 Å². The van der Waals surface area contributed by atoms with Crippen LogP contribution in [-0.4, -0.2) is 20.4 Å². The minimum Gasteiger partial charge on any atom is -0.313 e. The number of carbonyl (C=O) groups is 1. The van der Waals surface area contributed by atoms with Crippen LogP contribution in [0.1, 0.15) is 15.9 Å². The highest BCUT2D eigenvalue weighted by molar-refractivity contribution is 9.10. The van der Waals surface area contributed by atoms with Crippen LogP contribution in [0.4, 0.5) is 5.95 Å². The maximum Gasteiger partial charge on any atom is 0.258 e. The molecule has 0 aliphatic rings. The Hall–Kier alpha value is -2.47. The topological polar surface area (TPSA) is 59.8 Å². The predicted molar refractivity (Wildman–Crippen MR) is 87.7 cm³/mol. The fourth-order valence-corrected chi connectivity index (χ4v) is 2.29. The van der Waals surface area contributed by atoms with E-state index in [1.165, 1.54) is 0 Å². The predicted octanol–water partition coefficient (Wildman–Crippen LogP) is 3.34. The van der Waals surface area contributed by atoms with E-state index >= 15 is 0 Å². The van der Waals surface area contributed by atoms with E-state index in [-0.39, 0.29) is 5.91 Å². The van der Waals surface area contributed by atoms with Crippen LogP contribution in [0.15, 0.2) is 65.7 Å². The molecule has 0 saturated heterocycles. The highest BCUT2D eigenvalue weighted by Gasteiger charge is 2.10. The highest BCUT2D eigenvalue weighted by Crippen LogP contribution is 2.14. The number of imidazole rings is 1. The Morgan fingerprint density at radius 2 is 1.82 bits per heavy atom. The zero-order chi connectivity index (χ0) is 15.4. The molecule has 6 heteroatoms. The summed E-state index contributed by atoms with van der Waals surface area (Å²) >= 11 is 3.42. The molecule has 1 amide bonds. The van der Waals surface area contributed by atoms with Gasteiger partial charge in [-0.25, -0.2) is 4.98 Å². The summed E-state index contributed by atoms with van der Waals surface area (Å²) in [5.74, 6) is 0.315. The van der Waals surface area contributed by atoms with Crippen molar-refractivity contribution in [2.45, 2.75) is 6.54 Å². The molecule has 1 N–H and O–H groups in total. The van der Waals surface area contributed by atoms with Gasteiger partial charge in [0, 0.05) is 34.8 Å². The molecule has 0 bridgehead atoms. The third-order valence-corrected chi connectivity index (χ3v) is 3.68. The summed E-state index contributed by atoms with van der Waals surface area (Å²) in [5, 5.41) is 2.81. The van der Waals surface area contributed by atoms with Crippen molar-refractivity contribution < 1.29 is 4.79 Å². The van der Waals surface area contributed by atoms with Crippen LogP contribution in [-0.2, 0) is 6.54 Å². The molecule has 0 fully saturated rings. The number of anilines is 1. The van der Waals surface area contributed by atoms with Crippen LogP contribution in [0.3, 0.4) is 0 Å². The van der Waals surface area contributed by atoms with E-state index in [0.29, 0.717) is 18.1 Å². The van der Waals surface area contributed by atoms with Gasteiger partial charge >= 0.3 is 0 Å². The van der Waals surface area contributed by atoms with Crippen LogP contribution in [0, 0.1) is 0 Å². The zero-order valence-electron chi connectivity index (χ0n) is 11.6. The number of nitrogens with one attached hydrogen (secondary N) is 1. The van der Waals surface area contributed by atoms with E-state index in [9.17, 15) is 4.79 Å². The molecule has 2 aromatic heterocycles. The first-order valence-corrected chi connectivity index (χ1v) is 7.48. The molecule has 1 aromatic carbocycles. The second-order valence-corrected chi connectivity index (χ2v) is 5.61. The molecule has 0 aliphatic heterocycles. The number of pyridine rings is 1. The normalized spacial score (nSPS) is 10.4. The van der Waals surface area contributed by atoms with Crippen LogP contribution < -0.4 is 5.32 Å². The summed E-state index contributed by atoms with van der Waals surface area (Å²) in [7, 11) is 0. The summed E-state index contributed by atoms with van der Waals surface area (Å²) < 4.78 is 2.93. The summed E-state index contributed by atoms with van der Waals surface area (Å²) in [6.07, 6.45) is 6.68. The van der Waals surface area contributed by atoms with Gasteiger partial charge in [0.2, 0.25) is 5.95 Å². The van der Waals surface area contributed by atoms with Gasteiger partial charge in [-0.3, -0.25) is 15.1 Å². The van der Waals surface area contributed by atoms with Crippen LogP contribution in [0.25, 0.3) is 0 Å². The first-order chi connectivity index (χ1) is 10.7.